The number of hydrogen-bond donors (Lipinski definition) is 7. The van der Waals surface area contributed by atoms with Gasteiger partial charge in [-0.2, -0.15) is 0 Å². The maximum Gasteiger partial charge on any atom is 0.408 e. The summed E-state index contributed by atoms with van der Waals surface area (Å²) >= 11 is 1.56. The first kappa shape index (κ1) is 56.5. The molecule has 1 fully saturated rings. The van der Waals surface area contributed by atoms with E-state index in [1.165, 1.54) is 9.80 Å². The first-order chi connectivity index (χ1) is 35.9. The number of carbonyl (C=O) groups excluding carboxylic acids is 8. The Morgan fingerprint density at radius 3 is 2.14 bits per heavy atom. The summed E-state index contributed by atoms with van der Waals surface area (Å²) in [6.07, 6.45) is 0.194. The summed E-state index contributed by atoms with van der Waals surface area (Å²) in [5.74, 6) is -3.45. The second-order valence-electron chi connectivity index (χ2n) is 22.0. The number of benzene rings is 3. The number of aliphatic hydroxyl groups is 1. The number of aliphatic hydroxyl groups excluding tert-OH is 1. The third kappa shape index (κ3) is 14.4. The van der Waals surface area contributed by atoms with Crippen LogP contribution in [0.4, 0.5) is 10.5 Å². The van der Waals surface area contributed by atoms with Crippen molar-refractivity contribution in [2.75, 3.05) is 11.4 Å². The topological polar surface area (TPSA) is 272 Å². The number of para-hydroxylation sites is 1. The average molecular weight is 1060 g/mol. The lowest BCUT2D eigenvalue weighted by Gasteiger charge is -2.35. The number of aryl methyl sites for hydroxylation is 3. The molecule has 1 aromatic heterocycles. The Morgan fingerprint density at radius 2 is 1.50 bits per heavy atom. The Bertz CT molecular complexity index is 2800. The second-order valence-corrected chi connectivity index (χ2v) is 22.8. The molecule has 0 radical (unpaired) electrons. The number of ether oxygens (including phenoxy) is 1. The van der Waals surface area contributed by atoms with E-state index in [1.807, 2.05) is 94.4 Å². The van der Waals surface area contributed by atoms with Crippen molar-refractivity contribution in [3.05, 3.63) is 106 Å². The summed E-state index contributed by atoms with van der Waals surface area (Å²) in [6.45, 7) is 12.9. The normalized spacial score (nSPS) is 18.9. The van der Waals surface area contributed by atoms with Crippen molar-refractivity contribution in [2.45, 2.75) is 161 Å². The van der Waals surface area contributed by atoms with E-state index < -0.39 is 83.0 Å². The molecule has 76 heavy (non-hydrogen) atoms. The number of nitrogens with one attached hydrogen (secondary N) is 5. The Morgan fingerprint density at radius 1 is 0.842 bits per heavy atom. The van der Waals surface area contributed by atoms with Gasteiger partial charge < -0.3 is 47.1 Å². The van der Waals surface area contributed by atoms with Crippen molar-refractivity contribution < 1.29 is 48.2 Å². The number of aromatic nitrogens is 1. The molecule has 0 saturated carbocycles. The Kier molecular flexibility index (Phi) is 18.0. The van der Waals surface area contributed by atoms with Gasteiger partial charge in [0.15, 0.2) is 0 Å². The molecule has 0 unspecified atom stereocenters. The number of amides is 8. The summed E-state index contributed by atoms with van der Waals surface area (Å²) in [5.41, 5.74) is 12.5. The molecule has 1 saturated heterocycles. The first-order valence-corrected chi connectivity index (χ1v) is 26.8. The van der Waals surface area contributed by atoms with Gasteiger partial charge in [-0.15, -0.1) is 11.3 Å². The highest BCUT2D eigenvalue weighted by Gasteiger charge is 2.46. The van der Waals surface area contributed by atoms with Gasteiger partial charge in [-0.3, -0.25) is 38.5 Å². The zero-order chi connectivity index (χ0) is 55.1. The molecule has 0 aliphatic carbocycles. The Labute approximate surface area is 447 Å². The summed E-state index contributed by atoms with van der Waals surface area (Å²) in [4.78, 5) is 116. The van der Waals surface area contributed by atoms with E-state index in [9.17, 15) is 43.5 Å². The SMILES string of the molecule is Cc1ncsc1-c1ccc(CNC(=O)[C@@H]2C[C@@H](O)CN2C(=O)[C@@H](NC(=O)CCCc2ccc(CNC(=O)[C@H](CCC(N)=O)NC(=O)[C@@H]3Cc4cccc5c4N3C(=O)[C@@H](NC(=O)OC(C)(C)C)CC5)cc2)C(C)(C)C)cc1. The number of anilines is 1. The smallest absolute Gasteiger partial charge is 0.408 e. The molecule has 406 valence electrons. The van der Waals surface area contributed by atoms with Gasteiger partial charge >= 0.3 is 6.09 Å². The van der Waals surface area contributed by atoms with Crippen LogP contribution < -0.4 is 37.2 Å². The number of carbonyl (C=O) groups is 8. The number of β-amino-alcohol motifs (C(OH)–C–C–N with tert-alkyl or cyclic N) is 1. The van der Waals surface area contributed by atoms with Crippen LogP contribution in [0.2, 0.25) is 0 Å². The average Bonchev–Trinajstić information content (AvgIpc) is 4.08. The molecular formula is C56H71N9O10S. The summed E-state index contributed by atoms with van der Waals surface area (Å²) in [5, 5.41) is 24.8. The zero-order valence-corrected chi connectivity index (χ0v) is 45.1. The van der Waals surface area contributed by atoms with E-state index in [1.54, 1.807) is 37.6 Å². The number of primary amides is 1. The van der Waals surface area contributed by atoms with Gasteiger partial charge in [0, 0.05) is 45.3 Å². The summed E-state index contributed by atoms with van der Waals surface area (Å²) < 4.78 is 5.42. The molecule has 4 aromatic rings. The van der Waals surface area contributed by atoms with Crippen LogP contribution in [-0.2, 0) is 70.7 Å². The van der Waals surface area contributed by atoms with E-state index in [0.717, 1.165) is 44.0 Å². The standard InChI is InChI=1S/C56H71N9O10S/c1-32-47(76-31-60-32)37-20-18-35(19-21-37)29-59-50(70)42-27-39(66)30-64(42)53(73)48(55(2,3)4)63-45(68)13-8-10-33-14-16-34(17-15-33)28-58-49(69)40(24-25-44(57)67)61-51(71)43-26-38-12-9-11-36-22-23-41(52(72)65(43)46(36)38)62-54(74)75-56(5,6)7/h9,11-12,14-21,31,39-43,48,66H,8,10,13,22-30H2,1-7H3,(H2,57,67)(H,58,69)(H,59,70)(H,61,71)(H,62,74)(H,63,68)/t39-,40+,41+,42+,43+,48-/m1/s1. The van der Waals surface area contributed by atoms with Crippen LogP contribution in [0.3, 0.4) is 0 Å². The fourth-order valence-corrected chi connectivity index (χ4v) is 10.7. The van der Waals surface area contributed by atoms with Gasteiger partial charge in [0.25, 0.3) is 0 Å². The monoisotopic (exact) mass is 1060 g/mol. The quantitative estimate of drug-likeness (QED) is 0.0691. The van der Waals surface area contributed by atoms with E-state index in [-0.39, 0.29) is 70.0 Å². The number of thiazole rings is 1. The van der Waals surface area contributed by atoms with E-state index in [4.69, 9.17) is 10.5 Å². The van der Waals surface area contributed by atoms with Crippen LogP contribution in [-0.4, -0.2) is 111 Å². The molecule has 3 aliphatic heterocycles. The third-order valence-corrected chi connectivity index (χ3v) is 14.8. The highest BCUT2D eigenvalue weighted by atomic mass is 32.1. The molecule has 19 nitrogen and oxygen atoms in total. The van der Waals surface area contributed by atoms with Crippen molar-refractivity contribution in [3.63, 3.8) is 0 Å². The Hall–Kier alpha value is -7.19. The summed E-state index contributed by atoms with van der Waals surface area (Å²) in [6, 6.07) is 15.8. The van der Waals surface area contributed by atoms with Gasteiger partial charge in [0.2, 0.25) is 41.4 Å². The number of likely N-dealkylation sites (tertiary alicyclic amines) is 1. The van der Waals surface area contributed by atoms with Gasteiger partial charge in [-0.1, -0.05) is 87.5 Å². The molecule has 6 atom stereocenters. The lowest BCUT2D eigenvalue weighted by molar-refractivity contribution is -0.144. The van der Waals surface area contributed by atoms with E-state index >= 15 is 0 Å². The second kappa shape index (κ2) is 24.2. The predicted octanol–water partition coefficient (Wildman–Crippen LogP) is 4.41. The van der Waals surface area contributed by atoms with Crippen molar-refractivity contribution in [2.24, 2.45) is 11.1 Å². The molecule has 0 spiro atoms. The molecule has 3 aromatic carbocycles. The maximum absolute atomic E-state index is 14.1. The largest absolute Gasteiger partial charge is 0.444 e. The van der Waals surface area contributed by atoms with Crippen LogP contribution in [0.5, 0.6) is 0 Å². The summed E-state index contributed by atoms with van der Waals surface area (Å²) in [7, 11) is 0. The molecule has 7 rings (SSSR count). The minimum Gasteiger partial charge on any atom is -0.444 e. The van der Waals surface area contributed by atoms with Gasteiger partial charge in [-0.05, 0) is 98.6 Å². The van der Waals surface area contributed by atoms with Crippen LogP contribution in [0.1, 0.15) is 114 Å². The van der Waals surface area contributed by atoms with Crippen molar-refractivity contribution in [1.29, 1.82) is 0 Å². The van der Waals surface area contributed by atoms with Crippen molar-refractivity contribution in [3.8, 4) is 10.4 Å². The number of alkyl carbamates (subject to hydrolysis) is 1. The molecule has 8 amide bonds. The van der Waals surface area contributed by atoms with Crippen molar-refractivity contribution in [1.82, 2.24) is 36.5 Å². The minimum absolute atomic E-state index is 0.0351. The maximum atomic E-state index is 14.1. The van der Waals surface area contributed by atoms with Gasteiger partial charge in [-0.25, -0.2) is 9.78 Å². The molecule has 4 heterocycles. The lowest BCUT2D eigenvalue weighted by atomic mass is 9.85. The number of rotatable bonds is 19. The zero-order valence-electron chi connectivity index (χ0n) is 44.3. The molecule has 0 bridgehead atoms. The highest BCUT2D eigenvalue weighted by Crippen LogP contribution is 2.39. The number of hydrogen-bond acceptors (Lipinski definition) is 12. The number of nitrogens with zero attached hydrogens (tertiary/aromatic N) is 3. The molecule has 20 heteroatoms. The van der Waals surface area contributed by atoms with Crippen LogP contribution in [0.25, 0.3) is 10.4 Å². The van der Waals surface area contributed by atoms with Crippen LogP contribution in [0, 0.1) is 12.3 Å². The minimum atomic E-state index is -1.17. The fraction of sp³-hybridized carbons (Fsp3) is 0.482. The third-order valence-electron chi connectivity index (χ3n) is 13.8. The lowest BCUT2D eigenvalue weighted by Crippen LogP contribution is -2.57. The Balaban J connectivity index is 0.895. The van der Waals surface area contributed by atoms with Gasteiger partial charge in [0.1, 0.15) is 35.8 Å². The molecule has 3 aliphatic rings. The molecule has 8 N–H and O–H groups in total. The van der Waals surface area contributed by atoms with Crippen molar-refractivity contribution >= 4 is 64.5 Å². The predicted molar refractivity (Wildman–Crippen MR) is 286 cm³/mol. The van der Waals surface area contributed by atoms with E-state index in [2.05, 4.69) is 31.6 Å². The fourth-order valence-electron chi connectivity index (χ4n) is 9.85. The van der Waals surface area contributed by atoms with Crippen LogP contribution in [0.15, 0.2) is 72.2 Å². The molecular weight excluding hydrogens is 991 g/mol. The highest BCUT2D eigenvalue weighted by molar-refractivity contribution is 7.13. The van der Waals surface area contributed by atoms with Gasteiger partial charge in [0.05, 0.1) is 27.9 Å². The first-order valence-electron chi connectivity index (χ1n) is 25.9. The van der Waals surface area contributed by atoms with E-state index in [0.29, 0.717) is 24.9 Å². The van der Waals surface area contributed by atoms with Crippen LogP contribution >= 0.6 is 11.3 Å². The number of nitrogens with two attached hydrogens (primary N) is 1.